The molecule has 0 unspecified atom stereocenters. The molecule has 10 rings (SSSR count). The van der Waals surface area contributed by atoms with E-state index in [0.717, 1.165) is 43.8 Å². The smallest absolute Gasteiger partial charge is 0.201 e. The van der Waals surface area contributed by atoms with Gasteiger partial charge in [0.05, 0.1) is 16.7 Å². The monoisotopic (exact) mass is 803 g/mol. The largest absolute Gasteiger partial charge is 0.309 e. The molecule has 7 aromatic carbocycles. The Labute approximate surface area is 354 Å². The van der Waals surface area contributed by atoms with E-state index in [1.165, 1.54) is 31.1 Å². The molecule has 0 saturated heterocycles. The van der Waals surface area contributed by atoms with Crippen molar-refractivity contribution in [3.05, 3.63) is 236 Å². The zero-order valence-corrected chi connectivity index (χ0v) is 35.9. The summed E-state index contributed by atoms with van der Waals surface area (Å²) in [6.45, 7) is 4.57. The van der Waals surface area contributed by atoms with Crippen molar-refractivity contribution in [1.82, 2.24) is 14.5 Å². The average Bonchev–Trinajstić information content (AvgIpc) is 3.65. The average molecular weight is 804 g/mol. The van der Waals surface area contributed by atoms with E-state index in [1.807, 2.05) is 0 Å². The molecule has 0 saturated carbocycles. The van der Waals surface area contributed by atoms with Crippen molar-refractivity contribution in [3.8, 4) is 5.69 Å². The number of hydrogen-bond acceptors (Lipinski definition) is 2. The first-order valence-electron chi connectivity index (χ1n) is 20.9. The zero-order chi connectivity index (χ0) is 40.5. The van der Waals surface area contributed by atoms with Gasteiger partial charge in [0.25, 0.3) is 0 Å². The van der Waals surface area contributed by atoms with Crippen LogP contribution in [0.3, 0.4) is 0 Å². The van der Waals surface area contributed by atoms with Gasteiger partial charge in [-0.05, 0) is 61.3 Å². The standard InChI is InChI=1S/C55H45N3Si2/c1-41(2)55-54-49-40-56-52(59(43-26-12-4-13-27-43,44-28-14-5-15-29-44)45-30-16-6-17-31-45)38-50(49)58(42-24-10-3-11-25-42)51(54)39-53(57-55)60(46-32-18-7-19-33-46,47-34-20-8-21-35-47)48-36-22-9-23-37-48/h3-41H,1-2H3. The summed E-state index contributed by atoms with van der Waals surface area (Å²) in [7, 11) is -5.91. The number of nitrogens with zero attached hydrogens (tertiary/aromatic N) is 3. The number of aromatic nitrogens is 3. The van der Waals surface area contributed by atoms with Gasteiger partial charge in [-0.1, -0.05) is 214 Å². The number of rotatable bonds is 10. The Balaban J connectivity index is 1.37. The van der Waals surface area contributed by atoms with Crippen LogP contribution >= 0.6 is 0 Å². The summed E-state index contributed by atoms with van der Waals surface area (Å²) in [4.78, 5) is 11.5. The molecule has 0 bridgehead atoms. The molecule has 0 N–H and O–H groups in total. The summed E-state index contributed by atoms with van der Waals surface area (Å²) in [5.41, 5.74) is 4.48. The highest BCUT2D eigenvalue weighted by Crippen LogP contribution is 2.35. The first-order chi connectivity index (χ1) is 29.6. The molecule has 0 aliphatic rings. The van der Waals surface area contributed by atoms with Gasteiger partial charge in [0, 0.05) is 33.3 Å². The van der Waals surface area contributed by atoms with Crippen molar-refractivity contribution in [2.45, 2.75) is 19.8 Å². The molecule has 0 aliphatic carbocycles. The van der Waals surface area contributed by atoms with Gasteiger partial charge in [-0.2, -0.15) is 0 Å². The molecular weight excluding hydrogens is 759 g/mol. The molecule has 0 atom stereocenters. The van der Waals surface area contributed by atoms with Crippen LogP contribution < -0.4 is 41.8 Å². The third-order valence-corrected chi connectivity index (χ3v) is 21.5. The molecule has 0 spiro atoms. The van der Waals surface area contributed by atoms with Crippen LogP contribution in [0.4, 0.5) is 0 Å². The minimum absolute atomic E-state index is 0.141. The molecule has 3 aromatic heterocycles. The number of para-hydroxylation sites is 1. The van der Waals surface area contributed by atoms with Crippen molar-refractivity contribution in [2.24, 2.45) is 0 Å². The summed E-state index contributed by atoms with van der Waals surface area (Å²) >= 11 is 0. The number of pyridine rings is 2. The lowest BCUT2D eigenvalue weighted by Crippen LogP contribution is -2.75. The van der Waals surface area contributed by atoms with E-state index in [-0.39, 0.29) is 5.92 Å². The van der Waals surface area contributed by atoms with Gasteiger partial charge in [-0.3, -0.25) is 9.97 Å². The van der Waals surface area contributed by atoms with Gasteiger partial charge >= 0.3 is 0 Å². The van der Waals surface area contributed by atoms with Gasteiger partial charge in [0.15, 0.2) is 0 Å². The van der Waals surface area contributed by atoms with Crippen LogP contribution in [0.1, 0.15) is 25.5 Å². The summed E-state index contributed by atoms with van der Waals surface area (Å²) in [5, 5.41) is 12.3. The van der Waals surface area contributed by atoms with E-state index in [1.54, 1.807) is 0 Å². The second-order valence-corrected chi connectivity index (χ2v) is 23.4. The maximum absolute atomic E-state index is 5.90. The molecule has 10 aromatic rings. The first-order valence-corrected chi connectivity index (χ1v) is 24.9. The van der Waals surface area contributed by atoms with Gasteiger partial charge in [0.2, 0.25) is 16.1 Å². The molecule has 288 valence electrons. The van der Waals surface area contributed by atoms with E-state index in [9.17, 15) is 0 Å². The van der Waals surface area contributed by atoms with E-state index in [4.69, 9.17) is 9.97 Å². The normalized spacial score (nSPS) is 12.0. The molecule has 3 heterocycles. The van der Waals surface area contributed by atoms with Gasteiger partial charge in [-0.25, -0.2) is 0 Å². The van der Waals surface area contributed by atoms with Gasteiger partial charge in [-0.15, -0.1) is 0 Å². The highest BCUT2D eigenvalue weighted by molar-refractivity contribution is 7.20. The Morgan fingerprint density at radius 3 is 1.10 bits per heavy atom. The Hall–Kier alpha value is -6.93. The number of hydrogen-bond donors (Lipinski definition) is 0. The molecule has 5 heteroatoms. The number of benzene rings is 7. The summed E-state index contributed by atoms with van der Waals surface area (Å²) in [6.07, 6.45) is 2.16. The summed E-state index contributed by atoms with van der Waals surface area (Å²) in [6, 6.07) is 82.3. The quantitative estimate of drug-likeness (QED) is 0.106. The topological polar surface area (TPSA) is 30.7 Å². The number of fused-ring (bicyclic) bond motifs is 3. The maximum atomic E-state index is 5.90. The maximum Gasteiger partial charge on any atom is 0.201 e. The van der Waals surface area contributed by atoms with Crippen LogP contribution in [0.25, 0.3) is 27.5 Å². The fourth-order valence-corrected chi connectivity index (χ4v) is 18.8. The Bertz CT molecular complexity index is 2840. The van der Waals surface area contributed by atoms with Crippen molar-refractivity contribution in [2.75, 3.05) is 0 Å². The van der Waals surface area contributed by atoms with Crippen molar-refractivity contribution in [1.29, 1.82) is 0 Å². The molecular formula is C55H45N3Si2. The lowest BCUT2D eigenvalue weighted by atomic mass is 10.0. The van der Waals surface area contributed by atoms with Crippen LogP contribution in [0.2, 0.25) is 0 Å². The van der Waals surface area contributed by atoms with Crippen LogP contribution in [0.5, 0.6) is 0 Å². The molecule has 0 aliphatic heterocycles. The third-order valence-electron chi connectivity index (χ3n) is 12.2. The van der Waals surface area contributed by atoms with Crippen molar-refractivity contribution in [3.63, 3.8) is 0 Å². The fraction of sp³-hybridized carbons (Fsp3) is 0.0545. The van der Waals surface area contributed by atoms with Crippen LogP contribution in [-0.4, -0.2) is 30.7 Å². The van der Waals surface area contributed by atoms with Crippen molar-refractivity contribution >= 4 is 79.7 Å². The molecule has 0 amide bonds. The minimum atomic E-state index is -2.97. The molecule has 60 heavy (non-hydrogen) atoms. The van der Waals surface area contributed by atoms with Crippen LogP contribution in [0.15, 0.2) is 231 Å². The summed E-state index contributed by atoms with van der Waals surface area (Å²) < 4.78 is 2.49. The SMILES string of the molecule is CC(C)c1nc([Si](c2ccccc2)(c2ccccc2)c2ccccc2)cc2c1c1cnc([Si](c3ccccc3)(c3ccccc3)c3ccccc3)cc1n2-c1ccccc1. The first kappa shape index (κ1) is 37.4. The lowest BCUT2D eigenvalue weighted by Gasteiger charge is -2.34. The van der Waals surface area contributed by atoms with E-state index in [0.29, 0.717) is 0 Å². The summed E-state index contributed by atoms with van der Waals surface area (Å²) in [5.74, 6) is 0.141. The predicted molar refractivity (Wildman–Crippen MR) is 258 cm³/mol. The van der Waals surface area contributed by atoms with Crippen LogP contribution in [-0.2, 0) is 0 Å². The van der Waals surface area contributed by atoms with E-state index in [2.05, 4.69) is 249 Å². The lowest BCUT2D eigenvalue weighted by molar-refractivity contribution is 0.839. The molecule has 0 fully saturated rings. The molecule has 3 nitrogen and oxygen atoms in total. The molecule has 0 radical (unpaired) electrons. The van der Waals surface area contributed by atoms with Crippen LogP contribution in [0, 0.1) is 0 Å². The Morgan fingerprint density at radius 2 is 0.733 bits per heavy atom. The fourth-order valence-electron chi connectivity index (χ4n) is 9.64. The zero-order valence-electron chi connectivity index (χ0n) is 33.9. The highest BCUT2D eigenvalue weighted by atomic mass is 28.3. The van der Waals surface area contributed by atoms with Gasteiger partial charge < -0.3 is 4.57 Å². The Morgan fingerprint density at radius 1 is 0.400 bits per heavy atom. The predicted octanol–water partition coefficient (Wildman–Crippen LogP) is 7.45. The Kier molecular flexibility index (Phi) is 9.76. The van der Waals surface area contributed by atoms with E-state index < -0.39 is 16.1 Å². The van der Waals surface area contributed by atoms with Crippen molar-refractivity contribution < 1.29 is 0 Å². The highest BCUT2D eigenvalue weighted by Gasteiger charge is 2.45. The third kappa shape index (κ3) is 6.00. The minimum Gasteiger partial charge on any atom is -0.309 e. The second-order valence-electron chi connectivity index (χ2n) is 15.9. The second kappa shape index (κ2) is 15.7. The van der Waals surface area contributed by atoms with E-state index >= 15 is 0 Å². The van der Waals surface area contributed by atoms with Gasteiger partial charge in [0.1, 0.15) is 0 Å².